The highest BCUT2D eigenvalue weighted by molar-refractivity contribution is 5.25. The molecule has 1 nitrogen and oxygen atoms in total. The van der Waals surface area contributed by atoms with E-state index in [1.165, 1.54) is 12.1 Å². The van der Waals surface area contributed by atoms with E-state index >= 15 is 0 Å². The van der Waals surface area contributed by atoms with E-state index in [2.05, 4.69) is 6.92 Å². The molecule has 0 radical (unpaired) electrons. The molecule has 0 fully saturated rings. The number of ether oxygens (including phenoxy) is 1. The first-order valence-corrected chi connectivity index (χ1v) is 5.57. The molecule has 0 aromatic heterocycles. The van der Waals surface area contributed by atoms with Gasteiger partial charge in [0.05, 0.1) is 6.10 Å². The summed E-state index contributed by atoms with van der Waals surface area (Å²) in [5.74, 6) is -0.282. The van der Waals surface area contributed by atoms with Crippen molar-refractivity contribution in [3.63, 3.8) is 0 Å². The molecule has 1 rings (SSSR count). The molecule has 0 bridgehead atoms. The van der Waals surface area contributed by atoms with Crippen molar-refractivity contribution in [2.75, 3.05) is 7.11 Å². The molecule has 3 heteroatoms. The molecule has 90 valence electrons. The predicted octanol–water partition coefficient (Wildman–Crippen LogP) is 3.65. The Hall–Kier alpha value is -0.960. The first-order chi connectivity index (χ1) is 7.71. The lowest BCUT2D eigenvalue weighted by Crippen LogP contribution is -2.14. The van der Waals surface area contributed by atoms with E-state index in [-0.39, 0.29) is 11.9 Å². The first kappa shape index (κ1) is 13.1. The standard InChI is InChI=1S/C13H18F2O/c1-3-4-12(16-2)8-11-7-10(9-14)5-6-13(11)15/h5-7,12H,3-4,8-9H2,1-2H3. The van der Waals surface area contributed by atoms with Gasteiger partial charge < -0.3 is 4.74 Å². The van der Waals surface area contributed by atoms with Crippen molar-refractivity contribution < 1.29 is 13.5 Å². The highest BCUT2D eigenvalue weighted by Crippen LogP contribution is 2.16. The largest absolute Gasteiger partial charge is 0.381 e. The van der Waals surface area contributed by atoms with Crippen molar-refractivity contribution in [1.29, 1.82) is 0 Å². The summed E-state index contributed by atoms with van der Waals surface area (Å²) >= 11 is 0. The minimum Gasteiger partial charge on any atom is -0.381 e. The minimum absolute atomic E-state index is 0.00867. The van der Waals surface area contributed by atoms with Crippen LogP contribution in [0.5, 0.6) is 0 Å². The van der Waals surface area contributed by atoms with Gasteiger partial charge in [0.25, 0.3) is 0 Å². The number of rotatable bonds is 6. The minimum atomic E-state index is -0.557. The number of benzene rings is 1. The fourth-order valence-electron chi connectivity index (χ4n) is 1.74. The Bertz CT molecular complexity index is 326. The number of alkyl halides is 1. The zero-order chi connectivity index (χ0) is 12.0. The van der Waals surface area contributed by atoms with Crippen LogP contribution in [0.1, 0.15) is 30.9 Å². The fraction of sp³-hybridized carbons (Fsp3) is 0.538. The van der Waals surface area contributed by atoms with Crippen LogP contribution in [0.2, 0.25) is 0 Å². The van der Waals surface area contributed by atoms with Gasteiger partial charge in [0.2, 0.25) is 0 Å². The lowest BCUT2D eigenvalue weighted by molar-refractivity contribution is 0.0941. The molecule has 16 heavy (non-hydrogen) atoms. The van der Waals surface area contributed by atoms with Crippen LogP contribution in [0, 0.1) is 5.82 Å². The molecular weight excluding hydrogens is 210 g/mol. The van der Waals surface area contributed by atoms with Gasteiger partial charge in [-0.2, -0.15) is 0 Å². The zero-order valence-electron chi connectivity index (χ0n) is 9.80. The second-order valence-corrected chi connectivity index (χ2v) is 3.91. The Balaban J connectivity index is 2.77. The number of hydrogen-bond acceptors (Lipinski definition) is 1. The van der Waals surface area contributed by atoms with E-state index in [0.717, 1.165) is 12.8 Å². The molecule has 0 saturated carbocycles. The van der Waals surface area contributed by atoms with Crippen molar-refractivity contribution in [1.82, 2.24) is 0 Å². The zero-order valence-corrected chi connectivity index (χ0v) is 9.80. The van der Waals surface area contributed by atoms with E-state index in [9.17, 15) is 8.78 Å². The summed E-state index contributed by atoms with van der Waals surface area (Å²) in [6, 6.07) is 4.38. The van der Waals surface area contributed by atoms with Crippen molar-refractivity contribution in [3.05, 3.63) is 35.1 Å². The van der Waals surface area contributed by atoms with Crippen molar-refractivity contribution in [2.24, 2.45) is 0 Å². The van der Waals surface area contributed by atoms with Gasteiger partial charge in [0.1, 0.15) is 12.5 Å². The third kappa shape index (κ3) is 3.56. The molecule has 1 unspecified atom stereocenters. The van der Waals surface area contributed by atoms with E-state index in [0.29, 0.717) is 17.5 Å². The van der Waals surface area contributed by atoms with Gasteiger partial charge in [-0.1, -0.05) is 25.5 Å². The van der Waals surface area contributed by atoms with E-state index in [1.807, 2.05) is 0 Å². The third-order valence-corrected chi connectivity index (χ3v) is 2.66. The van der Waals surface area contributed by atoms with Gasteiger partial charge in [-0.25, -0.2) is 8.78 Å². The molecule has 0 aliphatic carbocycles. The van der Waals surface area contributed by atoms with Gasteiger partial charge in [0.15, 0.2) is 0 Å². The Labute approximate surface area is 95.4 Å². The SMILES string of the molecule is CCCC(Cc1cc(CF)ccc1F)OC. The van der Waals surface area contributed by atoms with Crippen LogP contribution < -0.4 is 0 Å². The molecule has 0 amide bonds. The number of methoxy groups -OCH3 is 1. The maximum atomic E-state index is 13.5. The molecule has 1 aromatic carbocycles. The monoisotopic (exact) mass is 228 g/mol. The fourth-order valence-corrected chi connectivity index (χ4v) is 1.74. The van der Waals surface area contributed by atoms with Crippen molar-refractivity contribution >= 4 is 0 Å². The molecule has 1 atom stereocenters. The Kier molecular flexibility index (Phi) is 5.39. The van der Waals surface area contributed by atoms with Crippen molar-refractivity contribution in [3.8, 4) is 0 Å². The summed E-state index contributed by atoms with van der Waals surface area (Å²) in [5, 5.41) is 0. The highest BCUT2D eigenvalue weighted by Gasteiger charge is 2.11. The molecule has 0 heterocycles. The number of hydrogen-bond donors (Lipinski definition) is 0. The number of halogens is 2. The predicted molar refractivity (Wildman–Crippen MR) is 60.6 cm³/mol. The summed E-state index contributed by atoms with van der Waals surface area (Å²) < 4.78 is 31.2. The van der Waals surface area contributed by atoms with Gasteiger partial charge >= 0.3 is 0 Å². The smallest absolute Gasteiger partial charge is 0.126 e. The molecule has 0 saturated heterocycles. The van der Waals surface area contributed by atoms with Crippen LogP contribution in [-0.4, -0.2) is 13.2 Å². The van der Waals surface area contributed by atoms with E-state index < -0.39 is 6.67 Å². The van der Waals surface area contributed by atoms with Crippen LogP contribution >= 0.6 is 0 Å². The van der Waals surface area contributed by atoms with Crippen LogP contribution in [-0.2, 0) is 17.8 Å². The Morgan fingerprint density at radius 2 is 2.12 bits per heavy atom. The normalized spacial score (nSPS) is 12.8. The molecule has 1 aromatic rings. The van der Waals surface area contributed by atoms with Crippen LogP contribution in [0.25, 0.3) is 0 Å². The van der Waals surface area contributed by atoms with Gasteiger partial charge in [-0.3, -0.25) is 0 Å². The van der Waals surface area contributed by atoms with Crippen LogP contribution in [0.15, 0.2) is 18.2 Å². The highest BCUT2D eigenvalue weighted by atomic mass is 19.1. The second-order valence-electron chi connectivity index (χ2n) is 3.91. The first-order valence-electron chi connectivity index (χ1n) is 5.57. The maximum Gasteiger partial charge on any atom is 0.126 e. The average Bonchev–Trinajstić information content (AvgIpc) is 2.31. The van der Waals surface area contributed by atoms with E-state index in [4.69, 9.17) is 4.74 Å². The summed E-state index contributed by atoms with van der Waals surface area (Å²) in [4.78, 5) is 0. The second kappa shape index (κ2) is 6.59. The Morgan fingerprint density at radius 3 is 2.69 bits per heavy atom. The summed E-state index contributed by atoms with van der Waals surface area (Å²) in [5.41, 5.74) is 1.05. The molecule has 0 spiro atoms. The molecule has 0 aliphatic heterocycles. The lowest BCUT2D eigenvalue weighted by Gasteiger charge is -2.15. The van der Waals surface area contributed by atoms with Crippen molar-refractivity contribution in [2.45, 2.75) is 39.0 Å². The van der Waals surface area contributed by atoms with Crippen LogP contribution in [0.4, 0.5) is 8.78 Å². The quantitative estimate of drug-likeness (QED) is 0.722. The molecule has 0 N–H and O–H groups in total. The van der Waals surface area contributed by atoms with Gasteiger partial charge in [0, 0.05) is 13.5 Å². The van der Waals surface area contributed by atoms with E-state index in [1.54, 1.807) is 13.2 Å². The average molecular weight is 228 g/mol. The summed E-state index contributed by atoms with van der Waals surface area (Å²) in [6.45, 7) is 1.50. The third-order valence-electron chi connectivity index (χ3n) is 2.66. The molecule has 0 aliphatic rings. The Morgan fingerprint density at radius 1 is 1.38 bits per heavy atom. The maximum absolute atomic E-state index is 13.5. The molecular formula is C13H18F2O. The topological polar surface area (TPSA) is 9.23 Å². The van der Waals surface area contributed by atoms with Gasteiger partial charge in [-0.05, 0) is 23.6 Å². The summed E-state index contributed by atoms with van der Waals surface area (Å²) in [6.07, 6.45) is 2.39. The van der Waals surface area contributed by atoms with Crippen LogP contribution in [0.3, 0.4) is 0 Å². The van der Waals surface area contributed by atoms with Gasteiger partial charge in [-0.15, -0.1) is 0 Å². The summed E-state index contributed by atoms with van der Waals surface area (Å²) in [7, 11) is 1.62. The lowest BCUT2D eigenvalue weighted by atomic mass is 10.0.